The fourth-order valence-corrected chi connectivity index (χ4v) is 13.6. The maximum absolute atomic E-state index is 13.6. The molecule has 5 atom stereocenters. The third kappa shape index (κ3) is 9.54. The van der Waals surface area contributed by atoms with Gasteiger partial charge in [0.05, 0.1) is 17.0 Å². The number of hydrogen-bond donors (Lipinski definition) is 2. The summed E-state index contributed by atoms with van der Waals surface area (Å²) in [5.41, 5.74) is 13.9. The Balaban J connectivity index is 0.660. The average Bonchev–Trinajstić information content (AvgIpc) is 3.96. The SMILES string of the molecule is CCC1C(=O)Nc2ccc(-c3ccnc4c3cc([C@H](C)N3CCC(c5ccc(C(=O)C=C6CCC(/C=C7\CCCC(Cc8ccc9c(c8)n(C)c(=O)n9C8CCC(=O)NC8=O)C[C@@H]7C)CC6)cc5)CC3)n4C)cc21. The Bertz CT molecular complexity index is 3300. The van der Waals surface area contributed by atoms with Gasteiger partial charge >= 0.3 is 5.69 Å². The van der Waals surface area contributed by atoms with Crippen LogP contribution in [0.1, 0.15) is 161 Å². The molecule has 3 aromatic heterocycles. The van der Waals surface area contributed by atoms with Gasteiger partial charge in [0, 0.05) is 55.1 Å². The molecule has 3 aliphatic heterocycles. The Hall–Kier alpha value is -6.66. The first-order chi connectivity index (χ1) is 35.8. The zero-order valence-corrected chi connectivity index (χ0v) is 43.8. The molecule has 2 N–H and O–H groups in total. The highest BCUT2D eigenvalue weighted by molar-refractivity contribution is 6.05. The lowest BCUT2D eigenvalue weighted by molar-refractivity contribution is -0.135. The van der Waals surface area contributed by atoms with Crippen LogP contribution in [0, 0.1) is 17.8 Å². The summed E-state index contributed by atoms with van der Waals surface area (Å²) in [5.74, 6) is 1.45. The van der Waals surface area contributed by atoms with Crippen LogP contribution in [-0.2, 0) is 34.9 Å². The number of carbonyl (C=O) groups is 4. The van der Waals surface area contributed by atoms with Crippen LogP contribution in [0.5, 0.6) is 0 Å². The molecular formula is C62H71N7O5. The average molecular weight is 994 g/mol. The summed E-state index contributed by atoms with van der Waals surface area (Å²) in [5, 5.41) is 6.58. The van der Waals surface area contributed by atoms with E-state index in [-0.39, 0.29) is 41.7 Å². The second kappa shape index (κ2) is 20.6. The minimum Gasteiger partial charge on any atom is -0.331 e. The van der Waals surface area contributed by atoms with E-state index in [9.17, 15) is 24.0 Å². The van der Waals surface area contributed by atoms with E-state index in [0.717, 1.165) is 127 Å². The van der Waals surface area contributed by atoms with Crippen LogP contribution in [0.25, 0.3) is 33.2 Å². The highest BCUT2D eigenvalue weighted by Gasteiger charge is 2.33. The number of fused-ring (bicyclic) bond motifs is 3. The topological polar surface area (TPSA) is 140 Å². The fourth-order valence-electron chi connectivity index (χ4n) is 13.6. The number of aromatic nitrogens is 4. The van der Waals surface area contributed by atoms with Crippen molar-refractivity contribution >= 4 is 51.3 Å². The number of piperidine rings is 2. The number of imidazole rings is 1. The number of nitrogens with one attached hydrogen (secondary N) is 2. The summed E-state index contributed by atoms with van der Waals surface area (Å²) in [7, 11) is 3.89. The van der Waals surface area contributed by atoms with Crippen LogP contribution >= 0.6 is 0 Å². The largest absolute Gasteiger partial charge is 0.331 e. The van der Waals surface area contributed by atoms with E-state index in [1.165, 1.54) is 35.2 Å². The number of carbonyl (C=O) groups excluding carboxylic acids is 4. The van der Waals surface area contributed by atoms with Crippen LogP contribution in [-0.4, -0.2) is 60.2 Å². The van der Waals surface area contributed by atoms with Crippen LogP contribution in [0.2, 0.25) is 0 Å². The summed E-state index contributed by atoms with van der Waals surface area (Å²) >= 11 is 0. The van der Waals surface area contributed by atoms with Gasteiger partial charge in [-0.2, -0.15) is 0 Å². The summed E-state index contributed by atoms with van der Waals surface area (Å²) in [6.07, 6.45) is 19.6. The molecule has 6 aromatic rings. The van der Waals surface area contributed by atoms with Crippen molar-refractivity contribution in [1.82, 2.24) is 28.9 Å². The number of allylic oxidation sites excluding steroid dienone is 4. The molecular weight excluding hydrogens is 923 g/mol. The first-order valence-electron chi connectivity index (χ1n) is 27.5. The van der Waals surface area contributed by atoms with E-state index in [2.05, 4.69) is 103 Å². The summed E-state index contributed by atoms with van der Waals surface area (Å²) < 4.78 is 5.44. The highest BCUT2D eigenvalue weighted by atomic mass is 16.2. The third-order valence-corrected chi connectivity index (χ3v) is 17.9. The van der Waals surface area contributed by atoms with Gasteiger partial charge in [-0.1, -0.05) is 67.5 Å². The van der Waals surface area contributed by atoms with Crippen LogP contribution in [0.15, 0.2) is 107 Å². The summed E-state index contributed by atoms with van der Waals surface area (Å²) in [6, 6.07) is 25.0. The number of hydrogen-bond acceptors (Lipinski definition) is 7. The van der Waals surface area contributed by atoms with Gasteiger partial charge in [-0.3, -0.25) is 38.5 Å². The number of benzene rings is 3. The molecule has 3 aromatic carbocycles. The normalized spacial score (nSPS) is 24.0. The molecule has 0 radical (unpaired) electrons. The number of pyridine rings is 1. The Morgan fingerprint density at radius 1 is 0.811 bits per heavy atom. The molecule has 2 saturated carbocycles. The van der Waals surface area contributed by atoms with E-state index in [1.807, 2.05) is 36.5 Å². The lowest BCUT2D eigenvalue weighted by Crippen LogP contribution is -2.44. The van der Waals surface area contributed by atoms with Crippen LogP contribution in [0.3, 0.4) is 0 Å². The van der Waals surface area contributed by atoms with Gasteiger partial charge in [-0.15, -0.1) is 0 Å². The molecule has 74 heavy (non-hydrogen) atoms. The molecule has 0 bridgehead atoms. The van der Waals surface area contributed by atoms with Gasteiger partial charge in [0.15, 0.2) is 5.78 Å². The molecule has 6 heterocycles. The number of likely N-dealkylation sites (tertiary alicyclic amines) is 1. The maximum atomic E-state index is 13.6. The van der Waals surface area contributed by atoms with Crippen molar-refractivity contribution < 1.29 is 19.2 Å². The quantitative estimate of drug-likeness (QED) is 0.0433. The number of anilines is 1. The Morgan fingerprint density at radius 2 is 1.59 bits per heavy atom. The predicted octanol–water partition coefficient (Wildman–Crippen LogP) is 11.6. The molecule has 3 amide bonds. The van der Waals surface area contributed by atoms with Gasteiger partial charge < -0.3 is 9.88 Å². The number of rotatable bonds is 11. The zero-order chi connectivity index (χ0) is 51.4. The lowest BCUT2D eigenvalue weighted by Gasteiger charge is -2.36. The molecule has 2 saturated heterocycles. The van der Waals surface area contributed by atoms with Gasteiger partial charge in [-0.05, 0) is 197 Å². The van der Waals surface area contributed by atoms with E-state index >= 15 is 0 Å². The molecule has 0 spiro atoms. The Kier molecular flexibility index (Phi) is 13.8. The van der Waals surface area contributed by atoms with Gasteiger partial charge in [0.1, 0.15) is 11.7 Å². The van der Waals surface area contributed by atoms with Gasteiger partial charge in [0.2, 0.25) is 17.7 Å². The summed E-state index contributed by atoms with van der Waals surface area (Å²) in [4.78, 5) is 71.4. The molecule has 4 fully saturated rings. The minimum atomic E-state index is -0.679. The van der Waals surface area contributed by atoms with Crippen LogP contribution in [0.4, 0.5) is 5.69 Å². The van der Waals surface area contributed by atoms with Crippen molar-refractivity contribution in [3.63, 3.8) is 0 Å². The fraction of sp³-hybridized carbons (Fsp3) is 0.452. The highest BCUT2D eigenvalue weighted by Crippen LogP contribution is 2.42. The van der Waals surface area contributed by atoms with Crippen molar-refractivity contribution in [2.24, 2.45) is 31.8 Å². The summed E-state index contributed by atoms with van der Waals surface area (Å²) in [6.45, 7) is 8.76. The van der Waals surface area contributed by atoms with Crippen LogP contribution < -0.4 is 16.3 Å². The second-order valence-electron chi connectivity index (χ2n) is 22.4. The number of amides is 3. The molecule has 12 nitrogen and oxygen atoms in total. The number of aryl methyl sites for hydroxylation is 2. The molecule has 5 aliphatic rings. The molecule has 384 valence electrons. The molecule has 3 unspecified atom stereocenters. The standard InChI is InChI=1S/C62H71N7O5/c1-6-48-50-35-47(19-20-52(50)64-60(48)72)49-24-27-63-59-51(49)36-55(66(59)4)38(3)68-28-25-44(26-29-68)43-15-17-45(18-16-43)57(70)34-40-12-10-39(11-13-40)32-46-9-7-8-41(30-37(46)2)31-42-14-21-53-56(33-42)67(5)62(74)69(53)54-22-23-58(71)65-61(54)73/h14-21,24,27,32-39,41,44,48,54H,6-13,22-23,25-26,28-31H2,1-5H3,(H,64,72)(H,65,71,73)/b40-34?,46-32+/t37-,38-,39?,41?,48?,54?/m0/s1. The third-order valence-electron chi connectivity index (χ3n) is 17.9. The Labute approximate surface area is 434 Å². The molecule has 12 heteroatoms. The Morgan fingerprint density at radius 3 is 2.35 bits per heavy atom. The van der Waals surface area contributed by atoms with E-state index in [0.29, 0.717) is 30.1 Å². The van der Waals surface area contributed by atoms with E-state index in [1.54, 1.807) is 21.8 Å². The smallest absolute Gasteiger partial charge is 0.329 e. The van der Waals surface area contributed by atoms with E-state index in [4.69, 9.17) is 4.98 Å². The van der Waals surface area contributed by atoms with Gasteiger partial charge in [-0.25, -0.2) is 9.78 Å². The van der Waals surface area contributed by atoms with Crippen molar-refractivity contribution in [3.8, 4) is 11.1 Å². The van der Waals surface area contributed by atoms with Crippen molar-refractivity contribution in [2.45, 2.75) is 135 Å². The monoisotopic (exact) mass is 994 g/mol. The minimum absolute atomic E-state index is 0.0844. The number of imide groups is 1. The first-order valence-corrected chi connectivity index (χ1v) is 27.5. The predicted molar refractivity (Wildman–Crippen MR) is 292 cm³/mol. The van der Waals surface area contributed by atoms with E-state index < -0.39 is 11.9 Å². The first kappa shape index (κ1) is 49.5. The number of nitrogens with zero attached hydrogens (tertiary/aromatic N) is 5. The second-order valence-corrected chi connectivity index (χ2v) is 22.4. The maximum Gasteiger partial charge on any atom is 0.329 e. The number of ketones is 1. The zero-order valence-electron chi connectivity index (χ0n) is 43.8. The lowest BCUT2D eigenvalue weighted by atomic mass is 9.81. The molecule has 2 aliphatic carbocycles. The van der Waals surface area contributed by atoms with Crippen molar-refractivity contribution in [1.29, 1.82) is 0 Å². The van der Waals surface area contributed by atoms with Gasteiger partial charge in [0.25, 0.3) is 0 Å². The molecule has 11 rings (SSSR count). The van der Waals surface area contributed by atoms with Crippen molar-refractivity contribution in [2.75, 3.05) is 18.4 Å². The van der Waals surface area contributed by atoms with Crippen molar-refractivity contribution in [3.05, 3.63) is 141 Å².